The molecule has 0 aromatic carbocycles. The van der Waals surface area contributed by atoms with Crippen molar-refractivity contribution in [1.29, 1.82) is 0 Å². The lowest BCUT2D eigenvalue weighted by Gasteiger charge is -2.21. The zero-order chi connectivity index (χ0) is 10.7. The molecule has 2 heterocycles. The van der Waals surface area contributed by atoms with E-state index < -0.39 is 0 Å². The highest BCUT2D eigenvalue weighted by molar-refractivity contribution is 7.16. The lowest BCUT2D eigenvalue weighted by molar-refractivity contribution is 0.177. The van der Waals surface area contributed by atoms with Gasteiger partial charge in [-0.2, -0.15) is 0 Å². The molecule has 1 aromatic rings. The molecule has 1 atom stereocenters. The standard InChI is InChI=1S/C10H15ClN2OS/c11-9-2-1-8(15-9)5-13-6-10(12)3-4-14-7-10/h1-2,13H,3-7,12H2. The molecule has 84 valence electrons. The first kappa shape index (κ1) is 11.4. The van der Waals surface area contributed by atoms with E-state index in [9.17, 15) is 0 Å². The van der Waals surface area contributed by atoms with Gasteiger partial charge in [0.25, 0.3) is 0 Å². The van der Waals surface area contributed by atoms with Crippen molar-refractivity contribution in [2.24, 2.45) is 5.73 Å². The summed E-state index contributed by atoms with van der Waals surface area (Å²) in [5, 5.41) is 3.34. The Morgan fingerprint density at radius 3 is 3.07 bits per heavy atom. The maximum atomic E-state index is 6.12. The zero-order valence-corrected chi connectivity index (χ0v) is 10.0. The van der Waals surface area contributed by atoms with Gasteiger partial charge in [-0.1, -0.05) is 11.6 Å². The van der Waals surface area contributed by atoms with E-state index in [1.54, 1.807) is 11.3 Å². The van der Waals surface area contributed by atoms with Gasteiger partial charge in [-0.3, -0.25) is 0 Å². The Balaban J connectivity index is 1.75. The molecule has 0 aliphatic carbocycles. The highest BCUT2D eigenvalue weighted by Gasteiger charge is 2.29. The summed E-state index contributed by atoms with van der Waals surface area (Å²) in [6.45, 7) is 3.06. The van der Waals surface area contributed by atoms with E-state index in [4.69, 9.17) is 22.1 Å². The largest absolute Gasteiger partial charge is 0.379 e. The maximum Gasteiger partial charge on any atom is 0.0931 e. The predicted molar refractivity (Wildman–Crippen MR) is 63.4 cm³/mol. The minimum atomic E-state index is -0.180. The Bertz CT molecular complexity index is 323. The van der Waals surface area contributed by atoms with Gasteiger partial charge in [-0.05, 0) is 18.6 Å². The Hall–Kier alpha value is -0.130. The van der Waals surface area contributed by atoms with Crippen LogP contribution in [0.4, 0.5) is 0 Å². The molecular formula is C10H15ClN2OS. The summed E-state index contributed by atoms with van der Waals surface area (Å²) in [5.74, 6) is 0. The van der Waals surface area contributed by atoms with Gasteiger partial charge in [0.1, 0.15) is 0 Å². The van der Waals surface area contributed by atoms with Crippen LogP contribution in [0.1, 0.15) is 11.3 Å². The Labute approximate surface area is 98.6 Å². The molecule has 1 unspecified atom stereocenters. The topological polar surface area (TPSA) is 47.3 Å². The van der Waals surface area contributed by atoms with Gasteiger partial charge in [-0.15, -0.1) is 11.3 Å². The quantitative estimate of drug-likeness (QED) is 0.849. The molecule has 15 heavy (non-hydrogen) atoms. The maximum absolute atomic E-state index is 6.12. The number of ether oxygens (including phenoxy) is 1. The van der Waals surface area contributed by atoms with Crippen LogP contribution in [0.15, 0.2) is 12.1 Å². The molecule has 1 aromatic heterocycles. The zero-order valence-electron chi connectivity index (χ0n) is 8.46. The molecule has 3 nitrogen and oxygen atoms in total. The minimum absolute atomic E-state index is 0.180. The van der Waals surface area contributed by atoms with Gasteiger partial charge in [0.2, 0.25) is 0 Å². The normalized spacial score (nSPS) is 26.0. The van der Waals surface area contributed by atoms with Crippen LogP contribution in [-0.4, -0.2) is 25.3 Å². The number of rotatable bonds is 4. The first-order chi connectivity index (χ1) is 7.18. The fraction of sp³-hybridized carbons (Fsp3) is 0.600. The van der Waals surface area contributed by atoms with E-state index in [2.05, 4.69) is 5.32 Å². The summed E-state index contributed by atoms with van der Waals surface area (Å²) < 4.78 is 6.12. The van der Waals surface area contributed by atoms with Crippen LogP contribution in [0.3, 0.4) is 0 Å². The molecule has 0 amide bonds. The summed E-state index contributed by atoms with van der Waals surface area (Å²) >= 11 is 7.44. The highest BCUT2D eigenvalue weighted by atomic mass is 35.5. The van der Waals surface area contributed by atoms with Crippen molar-refractivity contribution in [3.63, 3.8) is 0 Å². The summed E-state index contributed by atoms with van der Waals surface area (Å²) in [7, 11) is 0. The number of hydrogen-bond acceptors (Lipinski definition) is 4. The Morgan fingerprint density at radius 2 is 2.47 bits per heavy atom. The number of nitrogens with one attached hydrogen (secondary N) is 1. The van der Waals surface area contributed by atoms with Crippen LogP contribution in [0.25, 0.3) is 0 Å². The van der Waals surface area contributed by atoms with E-state index in [0.29, 0.717) is 6.61 Å². The van der Waals surface area contributed by atoms with Crippen LogP contribution in [0.5, 0.6) is 0 Å². The molecule has 2 rings (SSSR count). The van der Waals surface area contributed by atoms with Crippen molar-refractivity contribution in [1.82, 2.24) is 5.32 Å². The van der Waals surface area contributed by atoms with Crippen LogP contribution in [0, 0.1) is 0 Å². The van der Waals surface area contributed by atoms with Gasteiger partial charge in [0.15, 0.2) is 0 Å². The highest BCUT2D eigenvalue weighted by Crippen LogP contribution is 2.21. The smallest absolute Gasteiger partial charge is 0.0931 e. The van der Waals surface area contributed by atoms with Gasteiger partial charge in [-0.25, -0.2) is 0 Å². The van der Waals surface area contributed by atoms with Crippen molar-refractivity contribution in [3.8, 4) is 0 Å². The molecule has 1 fully saturated rings. The molecular weight excluding hydrogens is 232 g/mol. The average Bonchev–Trinajstić information content (AvgIpc) is 2.76. The lowest BCUT2D eigenvalue weighted by atomic mass is 10.0. The fourth-order valence-electron chi connectivity index (χ4n) is 1.64. The van der Waals surface area contributed by atoms with Crippen LogP contribution in [0.2, 0.25) is 4.34 Å². The van der Waals surface area contributed by atoms with Crippen LogP contribution >= 0.6 is 22.9 Å². The van der Waals surface area contributed by atoms with Crippen molar-refractivity contribution >= 4 is 22.9 Å². The van der Waals surface area contributed by atoms with Gasteiger partial charge in [0, 0.05) is 24.6 Å². The monoisotopic (exact) mass is 246 g/mol. The van der Waals surface area contributed by atoms with Gasteiger partial charge >= 0.3 is 0 Å². The lowest BCUT2D eigenvalue weighted by Crippen LogP contribution is -2.49. The molecule has 0 bridgehead atoms. The van der Waals surface area contributed by atoms with Gasteiger partial charge < -0.3 is 15.8 Å². The second kappa shape index (κ2) is 4.80. The second-order valence-corrected chi connectivity index (χ2v) is 5.77. The van der Waals surface area contributed by atoms with Crippen molar-refractivity contribution in [2.75, 3.05) is 19.8 Å². The van der Waals surface area contributed by atoms with E-state index >= 15 is 0 Å². The summed E-state index contributed by atoms with van der Waals surface area (Å²) in [6, 6.07) is 3.95. The van der Waals surface area contributed by atoms with Crippen molar-refractivity contribution in [3.05, 3.63) is 21.3 Å². The Morgan fingerprint density at radius 1 is 1.60 bits per heavy atom. The number of nitrogens with two attached hydrogens (primary N) is 1. The van der Waals surface area contributed by atoms with E-state index in [0.717, 1.165) is 30.5 Å². The molecule has 1 aliphatic rings. The molecule has 0 spiro atoms. The van der Waals surface area contributed by atoms with E-state index in [1.807, 2.05) is 12.1 Å². The molecule has 0 radical (unpaired) electrons. The van der Waals surface area contributed by atoms with Crippen LogP contribution in [-0.2, 0) is 11.3 Å². The third-order valence-electron chi connectivity index (χ3n) is 2.54. The summed E-state index contributed by atoms with van der Waals surface area (Å²) in [6.07, 6.45) is 0.936. The second-order valence-electron chi connectivity index (χ2n) is 3.97. The van der Waals surface area contributed by atoms with Gasteiger partial charge in [0.05, 0.1) is 16.5 Å². The molecule has 1 aliphatic heterocycles. The van der Waals surface area contributed by atoms with E-state index in [-0.39, 0.29) is 5.54 Å². The number of halogens is 1. The fourth-order valence-corrected chi connectivity index (χ4v) is 2.70. The molecule has 1 saturated heterocycles. The molecule has 0 saturated carbocycles. The first-order valence-corrected chi connectivity index (χ1v) is 6.19. The summed E-state index contributed by atoms with van der Waals surface area (Å²) in [5.41, 5.74) is 5.94. The Kier molecular flexibility index (Phi) is 3.64. The number of hydrogen-bond donors (Lipinski definition) is 2. The minimum Gasteiger partial charge on any atom is -0.379 e. The predicted octanol–water partition coefficient (Wildman–Crippen LogP) is 1.61. The van der Waals surface area contributed by atoms with Crippen LogP contribution < -0.4 is 11.1 Å². The SMILES string of the molecule is NC1(CNCc2ccc(Cl)s2)CCOC1. The molecule has 3 N–H and O–H groups in total. The molecule has 5 heteroatoms. The number of thiophene rings is 1. The van der Waals surface area contributed by atoms with Crippen molar-refractivity contribution < 1.29 is 4.74 Å². The first-order valence-electron chi connectivity index (χ1n) is 5.00. The van der Waals surface area contributed by atoms with E-state index in [1.165, 1.54) is 4.88 Å². The summed E-state index contributed by atoms with van der Waals surface area (Å²) in [4.78, 5) is 1.24. The average molecular weight is 247 g/mol. The third-order valence-corrected chi connectivity index (χ3v) is 3.77. The third kappa shape index (κ3) is 3.16. The van der Waals surface area contributed by atoms with Crippen molar-refractivity contribution in [2.45, 2.75) is 18.5 Å².